The van der Waals surface area contributed by atoms with Crippen molar-refractivity contribution in [3.8, 4) is 0 Å². The van der Waals surface area contributed by atoms with Crippen LogP contribution in [0.4, 0.5) is 4.79 Å². The predicted molar refractivity (Wildman–Crippen MR) is 137 cm³/mol. The van der Waals surface area contributed by atoms with Crippen molar-refractivity contribution >= 4 is 28.9 Å². The van der Waals surface area contributed by atoms with Gasteiger partial charge in [-0.05, 0) is 74.4 Å². The summed E-state index contributed by atoms with van der Waals surface area (Å²) in [6.45, 7) is 8.15. The van der Waals surface area contributed by atoms with Crippen molar-refractivity contribution < 1.29 is 14.3 Å². The number of ketones is 1. The van der Waals surface area contributed by atoms with Gasteiger partial charge in [-0.15, -0.1) is 0 Å². The number of carbonyl (C=O) groups is 2. The van der Waals surface area contributed by atoms with E-state index in [2.05, 4.69) is 29.2 Å². The summed E-state index contributed by atoms with van der Waals surface area (Å²) >= 11 is 0. The molecule has 2 aromatic carbocycles. The summed E-state index contributed by atoms with van der Waals surface area (Å²) in [7, 11) is 0. The molecule has 1 aromatic heterocycles. The molecule has 0 saturated carbocycles. The smallest absolute Gasteiger partial charge is 0.410 e. The predicted octanol–water partition coefficient (Wildman–Crippen LogP) is 6.63. The normalized spacial score (nSPS) is 15.6. The van der Waals surface area contributed by atoms with Crippen LogP contribution in [0.25, 0.3) is 17.0 Å². The maximum Gasteiger partial charge on any atom is 0.410 e. The van der Waals surface area contributed by atoms with Crippen LogP contribution in [-0.2, 0) is 22.4 Å². The van der Waals surface area contributed by atoms with Crippen molar-refractivity contribution in [3.63, 3.8) is 0 Å². The van der Waals surface area contributed by atoms with Gasteiger partial charge >= 0.3 is 6.09 Å². The summed E-state index contributed by atoms with van der Waals surface area (Å²) < 4.78 is 5.82. The number of nitrogens with zero attached hydrogens (tertiary/aromatic N) is 1. The first-order valence-corrected chi connectivity index (χ1v) is 12.1. The largest absolute Gasteiger partial charge is 0.444 e. The van der Waals surface area contributed by atoms with E-state index in [1.54, 1.807) is 6.08 Å². The highest BCUT2D eigenvalue weighted by molar-refractivity contribution is 5.93. The lowest BCUT2D eigenvalue weighted by atomic mass is 10.0. The van der Waals surface area contributed by atoms with Crippen LogP contribution in [0.15, 0.2) is 54.7 Å². The Kier molecular flexibility index (Phi) is 6.92. The van der Waals surface area contributed by atoms with E-state index >= 15 is 0 Å². The number of benzene rings is 2. The molecule has 0 spiro atoms. The van der Waals surface area contributed by atoms with E-state index in [9.17, 15) is 9.59 Å². The van der Waals surface area contributed by atoms with Crippen molar-refractivity contribution in [1.82, 2.24) is 9.88 Å². The number of para-hydroxylation sites is 1. The zero-order valence-corrected chi connectivity index (χ0v) is 20.6. The molecule has 0 radical (unpaired) electrons. The van der Waals surface area contributed by atoms with Crippen LogP contribution < -0.4 is 0 Å². The van der Waals surface area contributed by atoms with Gasteiger partial charge in [0.2, 0.25) is 0 Å². The van der Waals surface area contributed by atoms with Gasteiger partial charge in [0.05, 0.1) is 6.04 Å². The summed E-state index contributed by atoms with van der Waals surface area (Å²) in [5.74, 6) is 0.117. The minimum atomic E-state index is -0.558. The van der Waals surface area contributed by atoms with Crippen molar-refractivity contribution in [2.75, 3.05) is 6.54 Å². The van der Waals surface area contributed by atoms with E-state index in [1.807, 2.05) is 63.1 Å². The van der Waals surface area contributed by atoms with E-state index in [1.165, 1.54) is 22.1 Å². The maximum atomic E-state index is 13.3. The zero-order chi connectivity index (χ0) is 24.3. The third kappa shape index (κ3) is 5.41. The second-order valence-electron chi connectivity index (χ2n) is 9.95. The number of H-pyrrole nitrogens is 1. The molecule has 1 unspecified atom stereocenters. The summed E-state index contributed by atoms with van der Waals surface area (Å²) in [4.78, 5) is 30.2. The topological polar surface area (TPSA) is 62.4 Å². The number of aryl methyl sites for hydroxylation is 1. The van der Waals surface area contributed by atoms with Gasteiger partial charge in [0.1, 0.15) is 5.60 Å². The maximum absolute atomic E-state index is 13.3. The molecule has 1 aliphatic carbocycles. The van der Waals surface area contributed by atoms with Gasteiger partial charge in [0, 0.05) is 30.1 Å². The molecule has 5 nitrogen and oxygen atoms in total. The monoisotopic (exact) mass is 458 g/mol. The number of hydrogen-bond acceptors (Lipinski definition) is 3. The van der Waals surface area contributed by atoms with Gasteiger partial charge in [0.25, 0.3) is 0 Å². The molecule has 178 valence electrons. The highest BCUT2D eigenvalue weighted by atomic mass is 16.6. The van der Waals surface area contributed by atoms with Crippen molar-refractivity contribution in [3.05, 3.63) is 77.0 Å². The van der Waals surface area contributed by atoms with Gasteiger partial charge in [-0.3, -0.25) is 4.79 Å². The molecule has 1 amide bonds. The fourth-order valence-electron chi connectivity index (χ4n) is 4.62. The van der Waals surface area contributed by atoms with Gasteiger partial charge in [-0.2, -0.15) is 0 Å². The van der Waals surface area contributed by atoms with Crippen LogP contribution >= 0.6 is 0 Å². The SMILES string of the molecule is CCC(=O)/C=C/c1ccc2c(c1)CCC2N(CCc1c[nH]c2ccccc12)C(=O)OC(C)(C)C. The zero-order valence-electron chi connectivity index (χ0n) is 20.6. The molecule has 5 heteroatoms. The number of carbonyl (C=O) groups excluding carboxylic acids is 2. The van der Waals surface area contributed by atoms with E-state index in [0.29, 0.717) is 13.0 Å². The minimum Gasteiger partial charge on any atom is -0.444 e. The average Bonchev–Trinajstić information content (AvgIpc) is 3.40. The van der Waals surface area contributed by atoms with E-state index in [-0.39, 0.29) is 17.9 Å². The summed E-state index contributed by atoms with van der Waals surface area (Å²) in [5.41, 5.74) is 5.17. The number of amides is 1. The van der Waals surface area contributed by atoms with Crippen LogP contribution in [0.5, 0.6) is 0 Å². The Hall–Kier alpha value is -3.34. The fourth-order valence-corrected chi connectivity index (χ4v) is 4.62. The fraction of sp³-hybridized carbons (Fsp3) is 0.379. The van der Waals surface area contributed by atoms with E-state index in [0.717, 1.165) is 30.3 Å². The second kappa shape index (κ2) is 9.88. The Morgan fingerprint density at radius 3 is 2.74 bits per heavy atom. The third-order valence-electron chi connectivity index (χ3n) is 6.32. The van der Waals surface area contributed by atoms with Gasteiger partial charge in [-0.1, -0.05) is 49.4 Å². The standard InChI is InChI=1S/C29H34N2O3/c1-5-23(32)13-10-20-11-14-25-21(18-20)12-15-27(25)31(28(33)34-29(2,3)4)17-16-22-19-30-26-9-7-6-8-24(22)26/h6-11,13-14,18-19,27,30H,5,12,15-17H2,1-4H3/b13-10+. The number of allylic oxidation sites excluding steroid dienone is 1. The van der Waals surface area contributed by atoms with Crippen molar-refractivity contribution in [1.29, 1.82) is 0 Å². The quantitative estimate of drug-likeness (QED) is 0.404. The summed E-state index contributed by atoms with van der Waals surface area (Å²) in [6, 6.07) is 14.5. The molecular formula is C29H34N2O3. The molecule has 3 aromatic rings. The van der Waals surface area contributed by atoms with Crippen LogP contribution in [0.3, 0.4) is 0 Å². The Labute approximate surface area is 201 Å². The molecule has 0 bridgehead atoms. The molecule has 0 saturated heterocycles. The number of hydrogen-bond donors (Lipinski definition) is 1. The van der Waals surface area contributed by atoms with E-state index in [4.69, 9.17) is 4.74 Å². The van der Waals surface area contributed by atoms with Gasteiger partial charge < -0.3 is 14.6 Å². The lowest BCUT2D eigenvalue weighted by Crippen LogP contribution is -2.40. The van der Waals surface area contributed by atoms with Crippen LogP contribution in [0, 0.1) is 0 Å². The summed E-state index contributed by atoms with van der Waals surface area (Å²) in [5, 5.41) is 1.19. The van der Waals surface area contributed by atoms with Crippen molar-refractivity contribution in [2.45, 2.75) is 65.0 Å². The van der Waals surface area contributed by atoms with Crippen LogP contribution in [0.1, 0.15) is 68.8 Å². The third-order valence-corrected chi connectivity index (χ3v) is 6.32. The van der Waals surface area contributed by atoms with Crippen molar-refractivity contribution in [2.24, 2.45) is 0 Å². The highest BCUT2D eigenvalue weighted by Crippen LogP contribution is 2.37. The number of fused-ring (bicyclic) bond motifs is 2. The lowest BCUT2D eigenvalue weighted by Gasteiger charge is -2.32. The van der Waals surface area contributed by atoms with Gasteiger partial charge in [-0.25, -0.2) is 4.79 Å². The molecule has 4 rings (SSSR count). The molecule has 1 atom stereocenters. The molecule has 0 fully saturated rings. The molecular weight excluding hydrogens is 424 g/mol. The molecule has 1 N–H and O–H groups in total. The Bertz CT molecular complexity index is 1220. The molecule has 34 heavy (non-hydrogen) atoms. The van der Waals surface area contributed by atoms with Crippen LogP contribution in [-0.4, -0.2) is 33.9 Å². The number of aromatic nitrogens is 1. The number of rotatable bonds is 7. The van der Waals surface area contributed by atoms with Gasteiger partial charge in [0.15, 0.2) is 5.78 Å². The first-order chi connectivity index (χ1) is 16.2. The number of nitrogens with one attached hydrogen (secondary N) is 1. The molecule has 0 aliphatic heterocycles. The molecule has 1 heterocycles. The highest BCUT2D eigenvalue weighted by Gasteiger charge is 2.33. The second-order valence-corrected chi connectivity index (χ2v) is 9.95. The number of ether oxygens (including phenoxy) is 1. The summed E-state index contributed by atoms with van der Waals surface area (Å²) in [6.07, 6.45) is 8.29. The van der Waals surface area contributed by atoms with E-state index < -0.39 is 5.60 Å². The Morgan fingerprint density at radius 2 is 1.97 bits per heavy atom. The first kappa shape index (κ1) is 23.8. The minimum absolute atomic E-state index is 0.0228. The first-order valence-electron chi connectivity index (χ1n) is 12.1. The molecule has 1 aliphatic rings. The van der Waals surface area contributed by atoms with Crippen LogP contribution in [0.2, 0.25) is 0 Å². The number of aromatic amines is 1. The Balaban J connectivity index is 1.58. The Morgan fingerprint density at radius 1 is 1.18 bits per heavy atom. The average molecular weight is 459 g/mol. The lowest BCUT2D eigenvalue weighted by molar-refractivity contribution is -0.114.